The first kappa shape index (κ1) is 13.3. The first-order valence-corrected chi connectivity index (χ1v) is 6.81. The Hall–Kier alpha value is -2.68. The number of hydrogen-bond acceptors (Lipinski definition) is 3. The fraction of sp³-hybridized carbons (Fsp3) is 0.111. The molecule has 0 aliphatic carbocycles. The van der Waals surface area contributed by atoms with E-state index in [2.05, 4.69) is 5.32 Å². The van der Waals surface area contributed by atoms with Gasteiger partial charge in [-0.05, 0) is 36.6 Å². The summed E-state index contributed by atoms with van der Waals surface area (Å²) < 4.78 is 0. The Labute approximate surface area is 122 Å². The van der Waals surface area contributed by atoms with Crippen LogP contribution < -0.4 is 16.2 Å². The molecule has 3 heteroatoms. The maximum Gasteiger partial charge on any atom is 0.250 e. The molecular formula is C18H15NO2. The molecular weight excluding hydrogens is 262 g/mol. The Morgan fingerprint density at radius 3 is 2.24 bits per heavy atom. The molecule has 0 unspecified atom stereocenters. The van der Waals surface area contributed by atoms with Crippen molar-refractivity contribution in [1.29, 1.82) is 0 Å². The van der Waals surface area contributed by atoms with Crippen LogP contribution in [0, 0.1) is 13.8 Å². The van der Waals surface area contributed by atoms with Crippen molar-refractivity contribution in [3.05, 3.63) is 80.1 Å². The number of aryl methyl sites for hydroxylation is 1. The lowest BCUT2D eigenvalue weighted by Crippen LogP contribution is -2.35. The van der Waals surface area contributed by atoms with Gasteiger partial charge in [0.05, 0.1) is 5.56 Å². The molecule has 0 saturated carbocycles. The summed E-state index contributed by atoms with van der Waals surface area (Å²) in [6, 6.07) is 15.1. The summed E-state index contributed by atoms with van der Waals surface area (Å²) in [6.45, 7) is 4.01. The minimum absolute atomic E-state index is 0.389. The molecule has 3 aromatic carbocycles. The number of nitrogens with one attached hydrogen (secondary N) is 1. The molecule has 0 aromatic heterocycles. The Kier molecular flexibility index (Phi) is 3.18. The van der Waals surface area contributed by atoms with Crippen molar-refractivity contribution in [2.24, 2.45) is 0 Å². The largest absolute Gasteiger partial charge is 0.351 e. The molecule has 3 aromatic rings. The molecule has 0 spiro atoms. The lowest BCUT2D eigenvalue weighted by atomic mass is 9.98. The van der Waals surface area contributed by atoms with Gasteiger partial charge in [-0.15, -0.1) is 0 Å². The van der Waals surface area contributed by atoms with Crippen LogP contribution in [0.5, 0.6) is 0 Å². The van der Waals surface area contributed by atoms with Crippen LogP contribution in [-0.2, 0) is 0 Å². The van der Waals surface area contributed by atoms with Gasteiger partial charge in [-0.2, -0.15) is 0 Å². The zero-order valence-electron chi connectivity index (χ0n) is 11.9. The van der Waals surface area contributed by atoms with Crippen molar-refractivity contribution in [2.45, 2.75) is 13.8 Å². The monoisotopic (exact) mass is 277 g/mol. The minimum Gasteiger partial charge on any atom is -0.351 e. The topological polar surface area (TPSA) is 46.2 Å². The third kappa shape index (κ3) is 2.17. The molecule has 0 amide bonds. The molecule has 0 heterocycles. The van der Waals surface area contributed by atoms with E-state index in [-0.39, 0.29) is 0 Å². The van der Waals surface area contributed by atoms with E-state index in [1.54, 1.807) is 0 Å². The van der Waals surface area contributed by atoms with Gasteiger partial charge in [0.1, 0.15) is 5.69 Å². The lowest BCUT2D eigenvalue weighted by molar-refractivity contribution is 1.31. The zero-order chi connectivity index (χ0) is 15.0. The Morgan fingerprint density at radius 2 is 1.52 bits per heavy atom. The molecule has 21 heavy (non-hydrogen) atoms. The summed E-state index contributed by atoms with van der Waals surface area (Å²) >= 11 is 0. The van der Waals surface area contributed by atoms with Gasteiger partial charge in [0.15, 0.2) is 0 Å². The highest BCUT2D eigenvalue weighted by Gasteiger charge is 2.22. The molecule has 0 bridgehead atoms. The highest BCUT2D eigenvalue weighted by molar-refractivity contribution is 5.85. The van der Waals surface area contributed by atoms with E-state index in [0.717, 1.165) is 22.4 Å². The Morgan fingerprint density at radius 1 is 0.810 bits per heavy atom. The predicted molar refractivity (Wildman–Crippen MR) is 86.0 cm³/mol. The summed E-state index contributed by atoms with van der Waals surface area (Å²) in [5.74, 6) is 0. The van der Waals surface area contributed by atoms with Gasteiger partial charge < -0.3 is 5.32 Å². The van der Waals surface area contributed by atoms with Crippen LogP contribution in [0.15, 0.2) is 58.1 Å². The molecule has 0 aliphatic heterocycles. The van der Waals surface area contributed by atoms with E-state index in [0.29, 0.717) is 11.3 Å². The smallest absolute Gasteiger partial charge is 0.250 e. The first-order valence-electron chi connectivity index (χ1n) is 6.81. The molecule has 0 saturated heterocycles. The van der Waals surface area contributed by atoms with E-state index < -0.39 is 10.9 Å². The van der Waals surface area contributed by atoms with Crippen LogP contribution in [0.4, 0.5) is 11.4 Å². The number of rotatable bonds is 3. The maximum absolute atomic E-state index is 11.9. The van der Waals surface area contributed by atoms with Gasteiger partial charge in [-0.25, -0.2) is 0 Å². The molecule has 104 valence electrons. The molecule has 0 fully saturated rings. The van der Waals surface area contributed by atoms with Crippen LogP contribution in [0.1, 0.15) is 11.1 Å². The predicted octanol–water partition coefficient (Wildman–Crippen LogP) is 3.31. The van der Waals surface area contributed by atoms with Crippen LogP contribution >= 0.6 is 0 Å². The van der Waals surface area contributed by atoms with Crippen molar-refractivity contribution < 1.29 is 0 Å². The van der Waals surface area contributed by atoms with Crippen molar-refractivity contribution in [1.82, 2.24) is 0 Å². The minimum atomic E-state index is -0.449. The van der Waals surface area contributed by atoms with E-state index in [4.69, 9.17) is 0 Å². The van der Waals surface area contributed by atoms with Gasteiger partial charge in [0, 0.05) is 5.69 Å². The second-order valence-electron chi connectivity index (χ2n) is 5.15. The van der Waals surface area contributed by atoms with Crippen LogP contribution in [0.25, 0.3) is 11.1 Å². The molecule has 3 rings (SSSR count). The van der Waals surface area contributed by atoms with E-state index in [1.165, 1.54) is 0 Å². The second kappa shape index (κ2) is 5.02. The van der Waals surface area contributed by atoms with Crippen molar-refractivity contribution in [3.63, 3.8) is 0 Å². The molecule has 1 N–H and O–H groups in total. The molecule has 0 aliphatic rings. The van der Waals surface area contributed by atoms with Crippen LogP contribution in [0.2, 0.25) is 0 Å². The summed E-state index contributed by atoms with van der Waals surface area (Å²) in [6.07, 6.45) is 0. The highest BCUT2D eigenvalue weighted by Crippen LogP contribution is 2.28. The Bertz CT molecular complexity index is 872. The quantitative estimate of drug-likeness (QED) is 0.747. The van der Waals surface area contributed by atoms with Gasteiger partial charge in [0.2, 0.25) is 5.43 Å². The van der Waals surface area contributed by atoms with Gasteiger partial charge in [-0.3, -0.25) is 9.59 Å². The Balaban J connectivity index is 2.06. The standard InChI is InChI=1S/C18H15NO2/c1-11-7-6-10-14(12(11)2)19-16-15(17(20)18(16)21)13-8-4-3-5-9-13/h3-10,19H,1-2H3. The average Bonchev–Trinajstić information content (AvgIpc) is 2.51. The summed E-state index contributed by atoms with van der Waals surface area (Å²) in [5, 5.41) is 3.13. The van der Waals surface area contributed by atoms with Crippen LogP contribution in [0.3, 0.4) is 0 Å². The first-order chi connectivity index (χ1) is 10.1. The molecule has 0 atom stereocenters. The van der Waals surface area contributed by atoms with Crippen LogP contribution in [-0.4, -0.2) is 0 Å². The number of anilines is 2. The second-order valence-corrected chi connectivity index (χ2v) is 5.15. The highest BCUT2D eigenvalue weighted by atomic mass is 16.2. The molecule has 3 nitrogen and oxygen atoms in total. The summed E-state index contributed by atoms with van der Waals surface area (Å²) in [5.41, 5.74) is 3.84. The van der Waals surface area contributed by atoms with Gasteiger partial charge in [0.25, 0.3) is 5.43 Å². The van der Waals surface area contributed by atoms with E-state index >= 15 is 0 Å². The van der Waals surface area contributed by atoms with Crippen molar-refractivity contribution >= 4 is 11.4 Å². The normalized spacial score (nSPS) is 10.8. The summed E-state index contributed by atoms with van der Waals surface area (Å²) in [7, 11) is 0. The van der Waals surface area contributed by atoms with Gasteiger partial charge >= 0.3 is 0 Å². The van der Waals surface area contributed by atoms with E-state index in [1.807, 2.05) is 62.4 Å². The zero-order valence-corrected chi connectivity index (χ0v) is 11.9. The number of benzene rings is 2. The van der Waals surface area contributed by atoms with E-state index in [9.17, 15) is 9.59 Å². The maximum atomic E-state index is 11.9. The van der Waals surface area contributed by atoms with Gasteiger partial charge in [-0.1, -0.05) is 42.5 Å². The fourth-order valence-electron chi connectivity index (χ4n) is 2.41. The summed E-state index contributed by atoms with van der Waals surface area (Å²) in [4.78, 5) is 23.7. The fourth-order valence-corrected chi connectivity index (χ4v) is 2.41. The third-order valence-corrected chi connectivity index (χ3v) is 3.84. The lowest BCUT2D eigenvalue weighted by Gasteiger charge is -2.16. The average molecular weight is 277 g/mol. The number of hydrogen-bond donors (Lipinski definition) is 1. The SMILES string of the molecule is Cc1cccc(Nc2c(-c3ccccc3)c(=O)c2=O)c1C. The van der Waals surface area contributed by atoms with Crippen molar-refractivity contribution in [3.8, 4) is 11.1 Å². The third-order valence-electron chi connectivity index (χ3n) is 3.84. The van der Waals surface area contributed by atoms with Crippen molar-refractivity contribution in [2.75, 3.05) is 5.32 Å². The molecule has 0 radical (unpaired) electrons.